The third kappa shape index (κ3) is 4.19. The fraction of sp³-hybridized carbons (Fsp3) is 0.429. The smallest absolute Gasteiger partial charge is 0.274 e. The van der Waals surface area contributed by atoms with Crippen molar-refractivity contribution in [1.29, 1.82) is 0 Å². The van der Waals surface area contributed by atoms with E-state index in [9.17, 15) is 4.79 Å². The van der Waals surface area contributed by atoms with Crippen LogP contribution in [-0.2, 0) is 5.41 Å². The van der Waals surface area contributed by atoms with Gasteiger partial charge in [-0.2, -0.15) is 0 Å². The van der Waals surface area contributed by atoms with Crippen molar-refractivity contribution in [1.82, 2.24) is 4.98 Å². The van der Waals surface area contributed by atoms with Gasteiger partial charge >= 0.3 is 0 Å². The summed E-state index contributed by atoms with van der Waals surface area (Å²) in [4.78, 5) is 19.4. The summed E-state index contributed by atoms with van der Waals surface area (Å²) in [5.74, 6) is -0.157. The Balaban J connectivity index is 1.80. The van der Waals surface area contributed by atoms with Gasteiger partial charge in [0.25, 0.3) is 5.91 Å². The minimum Gasteiger partial charge on any atom is -0.371 e. The third-order valence-corrected chi connectivity index (χ3v) is 4.68. The van der Waals surface area contributed by atoms with Gasteiger partial charge in [0.15, 0.2) is 0 Å². The number of aromatic nitrogens is 1. The highest BCUT2D eigenvalue weighted by atomic mass is 16.1. The minimum atomic E-state index is -0.157. The van der Waals surface area contributed by atoms with Gasteiger partial charge in [-0.3, -0.25) is 9.78 Å². The van der Waals surface area contributed by atoms with Gasteiger partial charge in [0.05, 0.1) is 0 Å². The number of amides is 1. The first-order valence-electron chi connectivity index (χ1n) is 9.07. The lowest BCUT2D eigenvalue weighted by Gasteiger charge is -2.28. The molecule has 3 rings (SSSR count). The number of para-hydroxylation sites is 1. The van der Waals surface area contributed by atoms with Crippen LogP contribution in [0.4, 0.5) is 11.4 Å². The van der Waals surface area contributed by atoms with Crippen molar-refractivity contribution in [2.45, 2.75) is 45.4 Å². The topological polar surface area (TPSA) is 45.2 Å². The molecule has 1 amide bonds. The van der Waals surface area contributed by atoms with Crippen LogP contribution in [0.5, 0.6) is 0 Å². The fourth-order valence-electron chi connectivity index (χ4n) is 3.32. The van der Waals surface area contributed by atoms with Crippen molar-refractivity contribution in [2.75, 3.05) is 23.3 Å². The molecule has 0 spiro atoms. The molecule has 0 saturated carbocycles. The molecule has 1 aliphatic rings. The van der Waals surface area contributed by atoms with Crippen molar-refractivity contribution in [2.24, 2.45) is 0 Å². The molecule has 4 heteroatoms. The number of benzene rings is 1. The van der Waals surface area contributed by atoms with E-state index in [0.717, 1.165) is 30.0 Å². The molecule has 25 heavy (non-hydrogen) atoms. The Kier molecular flexibility index (Phi) is 5.07. The van der Waals surface area contributed by atoms with E-state index in [1.165, 1.54) is 19.3 Å². The van der Waals surface area contributed by atoms with E-state index < -0.39 is 0 Å². The predicted octanol–water partition coefficient (Wildman–Crippen LogP) is 4.62. The average Bonchev–Trinajstić information content (AvgIpc) is 2.62. The van der Waals surface area contributed by atoms with Gasteiger partial charge in [-0.05, 0) is 48.4 Å². The van der Waals surface area contributed by atoms with E-state index in [1.54, 1.807) is 6.20 Å². The van der Waals surface area contributed by atoms with E-state index in [0.29, 0.717) is 5.69 Å². The van der Waals surface area contributed by atoms with Crippen LogP contribution in [0.1, 0.15) is 56.1 Å². The van der Waals surface area contributed by atoms with Crippen LogP contribution in [-0.4, -0.2) is 24.0 Å². The molecule has 1 N–H and O–H groups in total. The first-order valence-corrected chi connectivity index (χ1v) is 9.07. The Bertz CT molecular complexity index is 743. The highest BCUT2D eigenvalue weighted by Gasteiger charge is 2.20. The summed E-state index contributed by atoms with van der Waals surface area (Å²) in [6.07, 6.45) is 5.44. The first-order chi connectivity index (χ1) is 11.9. The summed E-state index contributed by atoms with van der Waals surface area (Å²) in [5.41, 5.74) is 3.49. The summed E-state index contributed by atoms with van der Waals surface area (Å²) < 4.78 is 0. The van der Waals surface area contributed by atoms with Crippen LogP contribution in [0.15, 0.2) is 42.6 Å². The summed E-state index contributed by atoms with van der Waals surface area (Å²) in [6, 6.07) is 11.9. The molecule has 0 radical (unpaired) electrons. The number of nitrogens with zero attached hydrogens (tertiary/aromatic N) is 2. The lowest BCUT2D eigenvalue weighted by Crippen LogP contribution is -2.29. The fourth-order valence-corrected chi connectivity index (χ4v) is 3.32. The van der Waals surface area contributed by atoms with E-state index in [1.807, 2.05) is 30.3 Å². The molecule has 2 heterocycles. The van der Waals surface area contributed by atoms with Gasteiger partial charge in [-0.15, -0.1) is 0 Å². The van der Waals surface area contributed by atoms with Crippen LogP contribution < -0.4 is 10.2 Å². The molecule has 0 unspecified atom stereocenters. The average molecular weight is 337 g/mol. The van der Waals surface area contributed by atoms with E-state index in [4.69, 9.17) is 0 Å². The molecule has 1 aromatic heterocycles. The van der Waals surface area contributed by atoms with Crippen LogP contribution in [0.2, 0.25) is 0 Å². The molecule has 0 bridgehead atoms. The van der Waals surface area contributed by atoms with Gasteiger partial charge in [-0.25, -0.2) is 0 Å². The van der Waals surface area contributed by atoms with E-state index in [2.05, 4.69) is 42.0 Å². The lowest BCUT2D eigenvalue weighted by molar-refractivity contribution is 0.102. The molecule has 0 atom stereocenters. The Hall–Kier alpha value is -2.36. The monoisotopic (exact) mass is 337 g/mol. The Morgan fingerprint density at radius 2 is 1.80 bits per heavy atom. The van der Waals surface area contributed by atoms with Crippen LogP contribution in [0.3, 0.4) is 0 Å². The molecule has 1 aliphatic heterocycles. The van der Waals surface area contributed by atoms with Crippen molar-refractivity contribution in [3.63, 3.8) is 0 Å². The molecule has 132 valence electrons. The number of rotatable bonds is 3. The second-order valence-electron chi connectivity index (χ2n) is 7.70. The van der Waals surface area contributed by atoms with Gasteiger partial charge in [-0.1, -0.05) is 39.0 Å². The number of hydrogen-bond donors (Lipinski definition) is 1. The van der Waals surface area contributed by atoms with Crippen LogP contribution in [0, 0.1) is 0 Å². The Morgan fingerprint density at radius 3 is 2.52 bits per heavy atom. The largest absolute Gasteiger partial charge is 0.371 e. The number of pyridine rings is 1. The van der Waals surface area contributed by atoms with Gasteiger partial charge < -0.3 is 10.2 Å². The van der Waals surface area contributed by atoms with Crippen molar-refractivity contribution < 1.29 is 4.79 Å². The molecular weight excluding hydrogens is 310 g/mol. The molecule has 1 fully saturated rings. The number of anilines is 2. The standard InChI is InChI=1S/C21H27N3O/c1-21(2,3)17-9-5-6-10-18(17)23-20(25)19-15-16(11-12-22-19)24-13-7-4-8-14-24/h5-6,9-12,15H,4,7-8,13-14H2,1-3H3,(H,23,25). The number of piperidine rings is 1. The maximum atomic E-state index is 12.7. The van der Waals surface area contributed by atoms with E-state index in [-0.39, 0.29) is 11.3 Å². The highest BCUT2D eigenvalue weighted by molar-refractivity contribution is 6.03. The lowest BCUT2D eigenvalue weighted by atomic mass is 9.86. The Morgan fingerprint density at radius 1 is 1.08 bits per heavy atom. The summed E-state index contributed by atoms with van der Waals surface area (Å²) in [6.45, 7) is 8.55. The highest BCUT2D eigenvalue weighted by Crippen LogP contribution is 2.29. The molecular formula is C21H27N3O. The number of nitrogens with one attached hydrogen (secondary N) is 1. The van der Waals surface area contributed by atoms with E-state index >= 15 is 0 Å². The second-order valence-corrected chi connectivity index (χ2v) is 7.70. The minimum absolute atomic E-state index is 0.0348. The summed E-state index contributed by atoms with van der Waals surface area (Å²) in [7, 11) is 0. The van der Waals surface area contributed by atoms with Crippen molar-refractivity contribution >= 4 is 17.3 Å². The number of carbonyl (C=O) groups is 1. The van der Waals surface area contributed by atoms with Gasteiger partial charge in [0, 0.05) is 30.7 Å². The first kappa shape index (κ1) is 17.5. The predicted molar refractivity (Wildman–Crippen MR) is 103 cm³/mol. The van der Waals surface area contributed by atoms with Crippen LogP contribution in [0.25, 0.3) is 0 Å². The van der Waals surface area contributed by atoms with Crippen molar-refractivity contribution in [3.8, 4) is 0 Å². The quantitative estimate of drug-likeness (QED) is 0.889. The summed E-state index contributed by atoms with van der Waals surface area (Å²) >= 11 is 0. The van der Waals surface area contributed by atoms with Crippen molar-refractivity contribution in [3.05, 3.63) is 53.9 Å². The maximum Gasteiger partial charge on any atom is 0.274 e. The molecule has 0 aliphatic carbocycles. The zero-order chi connectivity index (χ0) is 17.9. The molecule has 1 saturated heterocycles. The molecule has 4 nitrogen and oxygen atoms in total. The van der Waals surface area contributed by atoms with Gasteiger partial charge in [0.1, 0.15) is 5.69 Å². The maximum absolute atomic E-state index is 12.7. The zero-order valence-corrected chi connectivity index (χ0v) is 15.4. The SMILES string of the molecule is CC(C)(C)c1ccccc1NC(=O)c1cc(N2CCCCC2)ccn1. The zero-order valence-electron chi connectivity index (χ0n) is 15.4. The van der Waals surface area contributed by atoms with Gasteiger partial charge in [0.2, 0.25) is 0 Å². The molecule has 2 aromatic rings. The summed E-state index contributed by atoms with van der Waals surface area (Å²) in [5, 5.41) is 3.04. The number of hydrogen-bond acceptors (Lipinski definition) is 3. The third-order valence-electron chi connectivity index (χ3n) is 4.68. The second kappa shape index (κ2) is 7.26. The number of carbonyl (C=O) groups excluding carboxylic acids is 1. The Labute approximate surface area is 150 Å². The molecule has 1 aromatic carbocycles. The van der Waals surface area contributed by atoms with Crippen LogP contribution >= 0.6 is 0 Å². The normalized spacial score (nSPS) is 15.1.